The smallest absolute Gasteiger partial charge is 0.151 e. The van der Waals surface area contributed by atoms with Crippen LogP contribution in [0.2, 0.25) is 0 Å². The molecule has 4 nitrogen and oxygen atoms in total. The van der Waals surface area contributed by atoms with E-state index in [0.717, 1.165) is 19.6 Å². The molecular formula is C12H24N2O2S. The Labute approximate surface area is 105 Å². The van der Waals surface area contributed by atoms with E-state index < -0.39 is 9.84 Å². The summed E-state index contributed by atoms with van der Waals surface area (Å²) in [5.74, 6) is 0.587. The van der Waals surface area contributed by atoms with Gasteiger partial charge >= 0.3 is 0 Å². The van der Waals surface area contributed by atoms with Crippen molar-refractivity contribution in [1.29, 1.82) is 0 Å². The van der Waals surface area contributed by atoms with Gasteiger partial charge in [-0.3, -0.25) is 4.90 Å². The second kappa shape index (κ2) is 5.24. The molecule has 1 saturated carbocycles. The predicted octanol–water partition coefficient (Wildman–Crippen LogP) is 0.639. The molecule has 100 valence electrons. The standard InChI is InChI=1S/C12H24N2O2S/c1-2-17(15,16)10-9-14-8-7-13-12(11-14)5-3-4-6-12/h13H,2-11H2,1H3. The molecule has 1 aliphatic heterocycles. The molecule has 2 aliphatic rings. The number of hydrogen-bond donors (Lipinski definition) is 1. The maximum Gasteiger partial charge on any atom is 0.151 e. The fourth-order valence-corrected chi connectivity index (χ4v) is 3.86. The van der Waals surface area contributed by atoms with Gasteiger partial charge in [0.05, 0.1) is 5.75 Å². The molecule has 5 heteroatoms. The van der Waals surface area contributed by atoms with Crippen LogP contribution in [0.4, 0.5) is 0 Å². The van der Waals surface area contributed by atoms with Crippen LogP contribution in [0.5, 0.6) is 0 Å². The zero-order valence-electron chi connectivity index (χ0n) is 10.7. The number of hydrogen-bond acceptors (Lipinski definition) is 4. The Kier molecular flexibility index (Phi) is 4.10. The Morgan fingerprint density at radius 2 is 2.00 bits per heavy atom. The van der Waals surface area contributed by atoms with Crippen molar-refractivity contribution >= 4 is 9.84 Å². The third-order valence-corrected chi connectivity index (χ3v) is 5.86. The summed E-state index contributed by atoms with van der Waals surface area (Å²) >= 11 is 0. The highest BCUT2D eigenvalue weighted by Gasteiger charge is 2.37. The first-order valence-electron chi connectivity index (χ1n) is 6.73. The van der Waals surface area contributed by atoms with Crippen molar-refractivity contribution in [2.24, 2.45) is 0 Å². The van der Waals surface area contributed by atoms with Crippen molar-refractivity contribution in [3.63, 3.8) is 0 Å². The number of piperazine rings is 1. The topological polar surface area (TPSA) is 49.4 Å². The maximum absolute atomic E-state index is 11.5. The maximum atomic E-state index is 11.5. The third kappa shape index (κ3) is 3.42. The van der Waals surface area contributed by atoms with Gasteiger partial charge in [-0.05, 0) is 12.8 Å². The van der Waals surface area contributed by atoms with Crippen LogP contribution >= 0.6 is 0 Å². The number of sulfone groups is 1. The fraction of sp³-hybridized carbons (Fsp3) is 1.00. The molecule has 0 amide bonds. The number of nitrogens with one attached hydrogen (secondary N) is 1. The molecule has 17 heavy (non-hydrogen) atoms. The molecule has 1 aliphatic carbocycles. The monoisotopic (exact) mass is 260 g/mol. The van der Waals surface area contributed by atoms with E-state index in [-0.39, 0.29) is 5.75 Å². The lowest BCUT2D eigenvalue weighted by atomic mass is 9.95. The van der Waals surface area contributed by atoms with Crippen LogP contribution in [0.25, 0.3) is 0 Å². The summed E-state index contributed by atoms with van der Waals surface area (Å²) in [5, 5.41) is 3.64. The SMILES string of the molecule is CCS(=O)(=O)CCN1CCNC2(CCCC2)C1. The highest BCUT2D eigenvalue weighted by molar-refractivity contribution is 7.91. The van der Waals surface area contributed by atoms with Gasteiger partial charge in [-0.2, -0.15) is 0 Å². The minimum absolute atomic E-state index is 0.268. The zero-order chi connectivity index (χ0) is 12.4. The Bertz CT molecular complexity index is 348. The molecule has 0 aromatic carbocycles. The Morgan fingerprint density at radius 3 is 2.65 bits per heavy atom. The Morgan fingerprint density at radius 1 is 1.29 bits per heavy atom. The van der Waals surface area contributed by atoms with Crippen LogP contribution in [0.3, 0.4) is 0 Å². The van der Waals surface area contributed by atoms with Crippen molar-refractivity contribution in [3.05, 3.63) is 0 Å². The van der Waals surface area contributed by atoms with Crippen molar-refractivity contribution in [2.75, 3.05) is 37.7 Å². The summed E-state index contributed by atoms with van der Waals surface area (Å²) in [6, 6.07) is 0. The molecule has 0 radical (unpaired) electrons. The molecule has 1 N–H and O–H groups in total. The molecule has 1 heterocycles. The first kappa shape index (κ1) is 13.3. The van der Waals surface area contributed by atoms with Gasteiger partial charge in [0.25, 0.3) is 0 Å². The van der Waals surface area contributed by atoms with Gasteiger partial charge in [-0.15, -0.1) is 0 Å². The molecular weight excluding hydrogens is 236 g/mol. The summed E-state index contributed by atoms with van der Waals surface area (Å²) in [7, 11) is -2.82. The van der Waals surface area contributed by atoms with E-state index in [0.29, 0.717) is 17.8 Å². The van der Waals surface area contributed by atoms with Crippen molar-refractivity contribution in [3.8, 4) is 0 Å². The quantitative estimate of drug-likeness (QED) is 0.806. The van der Waals surface area contributed by atoms with Crippen LogP contribution in [-0.2, 0) is 9.84 Å². The molecule has 0 aromatic rings. The summed E-state index contributed by atoms with van der Waals surface area (Å²) in [4.78, 5) is 2.33. The molecule has 0 unspecified atom stereocenters. The predicted molar refractivity (Wildman–Crippen MR) is 70.0 cm³/mol. The van der Waals surface area contributed by atoms with Gasteiger partial charge in [0.1, 0.15) is 0 Å². The van der Waals surface area contributed by atoms with Crippen LogP contribution in [0, 0.1) is 0 Å². The van der Waals surface area contributed by atoms with E-state index in [9.17, 15) is 8.42 Å². The molecule has 0 atom stereocenters. The highest BCUT2D eigenvalue weighted by Crippen LogP contribution is 2.31. The molecule has 1 saturated heterocycles. The van der Waals surface area contributed by atoms with Gasteiger partial charge in [0.2, 0.25) is 0 Å². The lowest BCUT2D eigenvalue weighted by Crippen LogP contribution is -2.59. The summed E-state index contributed by atoms with van der Waals surface area (Å²) < 4.78 is 23.0. The minimum atomic E-state index is -2.82. The number of nitrogens with zero attached hydrogens (tertiary/aromatic N) is 1. The Hall–Kier alpha value is -0.130. The van der Waals surface area contributed by atoms with E-state index in [1.807, 2.05) is 0 Å². The van der Waals surface area contributed by atoms with Gasteiger partial charge in [-0.25, -0.2) is 8.42 Å². The first-order valence-corrected chi connectivity index (χ1v) is 8.55. The summed E-state index contributed by atoms with van der Waals surface area (Å²) in [5.41, 5.74) is 0.300. The van der Waals surface area contributed by atoms with Crippen LogP contribution in [0.1, 0.15) is 32.6 Å². The largest absolute Gasteiger partial charge is 0.309 e. The molecule has 2 fully saturated rings. The van der Waals surface area contributed by atoms with E-state index >= 15 is 0 Å². The molecule has 0 bridgehead atoms. The van der Waals surface area contributed by atoms with Gasteiger partial charge in [-0.1, -0.05) is 19.8 Å². The molecule has 1 spiro atoms. The molecule has 2 rings (SSSR count). The van der Waals surface area contributed by atoms with Crippen LogP contribution in [0.15, 0.2) is 0 Å². The van der Waals surface area contributed by atoms with E-state index in [2.05, 4.69) is 10.2 Å². The Balaban J connectivity index is 1.85. The zero-order valence-corrected chi connectivity index (χ0v) is 11.6. The normalized spacial score (nSPS) is 25.5. The first-order chi connectivity index (χ1) is 8.05. The third-order valence-electron chi connectivity index (χ3n) is 4.17. The highest BCUT2D eigenvalue weighted by atomic mass is 32.2. The van der Waals surface area contributed by atoms with Gasteiger partial charge in [0, 0.05) is 37.5 Å². The van der Waals surface area contributed by atoms with Crippen molar-refractivity contribution in [2.45, 2.75) is 38.1 Å². The van der Waals surface area contributed by atoms with Crippen LogP contribution in [-0.4, -0.2) is 56.5 Å². The van der Waals surface area contributed by atoms with Crippen molar-refractivity contribution < 1.29 is 8.42 Å². The van der Waals surface area contributed by atoms with Gasteiger partial charge < -0.3 is 5.32 Å². The van der Waals surface area contributed by atoms with Crippen molar-refractivity contribution in [1.82, 2.24) is 10.2 Å². The van der Waals surface area contributed by atoms with E-state index in [1.165, 1.54) is 25.7 Å². The summed E-state index contributed by atoms with van der Waals surface area (Å²) in [6.45, 7) is 5.46. The fourth-order valence-electron chi connectivity index (χ4n) is 3.03. The lowest BCUT2D eigenvalue weighted by Gasteiger charge is -2.41. The number of rotatable bonds is 4. The second-order valence-corrected chi connectivity index (χ2v) is 7.90. The van der Waals surface area contributed by atoms with E-state index in [4.69, 9.17) is 0 Å². The van der Waals surface area contributed by atoms with Crippen LogP contribution < -0.4 is 5.32 Å². The second-order valence-electron chi connectivity index (χ2n) is 5.43. The van der Waals surface area contributed by atoms with Gasteiger partial charge in [0.15, 0.2) is 9.84 Å². The average Bonchev–Trinajstić information content (AvgIpc) is 2.75. The average molecular weight is 260 g/mol. The minimum Gasteiger partial charge on any atom is -0.309 e. The lowest BCUT2D eigenvalue weighted by molar-refractivity contribution is 0.141. The van der Waals surface area contributed by atoms with E-state index in [1.54, 1.807) is 6.92 Å². The molecule has 0 aromatic heterocycles. The summed E-state index contributed by atoms with van der Waals surface area (Å²) in [6.07, 6.45) is 5.14.